The Morgan fingerprint density at radius 1 is 1.38 bits per heavy atom. The summed E-state index contributed by atoms with van der Waals surface area (Å²) in [6.07, 6.45) is 1.69. The zero-order chi connectivity index (χ0) is 15.7. The number of carboxylic acids is 1. The standard InChI is InChI=1S/C13H9Cl2FN2O3/c1-2-6-5-18(17-11(12(6)19)13(20)21)7-3-8(14)10(16)9(15)4-7/h3-5H,2H2,1H3,(H,20,21). The Labute approximate surface area is 128 Å². The van der Waals surface area contributed by atoms with Gasteiger partial charge in [0.05, 0.1) is 15.7 Å². The van der Waals surface area contributed by atoms with Gasteiger partial charge in [0.1, 0.15) is 0 Å². The van der Waals surface area contributed by atoms with Crippen molar-refractivity contribution in [3.8, 4) is 5.69 Å². The predicted octanol–water partition coefficient (Wildman–Crippen LogP) is 2.94. The van der Waals surface area contributed by atoms with Crippen molar-refractivity contribution in [2.75, 3.05) is 0 Å². The molecule has 2 rings (SSSR count). The van der Waals surface area contributed by atoms with Crippen LogP contribution < -0.4 is 5.43 Å². The topological polar surface area (TPSA) is 72.2 Å². The lowest BCUT2D eigenvalue weighted by Gasteiger charge is -2.10. The molecule has 0 aliphatic carbocycles. The van der Waals surface area contributed by atoms with Crippen molar-refractivity contribution in [1.29, 1.82) is 0 Å². The largest absolute Gasteiger partial charge is 0.476 e. The van der Waals surface area contributed by atoms with Crippen LogP contribution in [0.4, 0.5) is 4.39 Å². The van der Waals surface area contributed by atoms with Gasteiger partial charge in [-0.15, -0.1) is 0 Å². The highest BCUT2D eigenvalue weighted by Gasteiger charge is 2.17. The fraction of sp³-hybridized carbons (Fsp3) is 0.154. The summed E-state index contributed by atoms with van der Waals surface area (Å²) in [5, 5.41) is 12.3. The molecule has 2 aromatic rings. The van der Waals surface area contributed by atoms with Gasteiger partial charge < -0.3 is 5.11 Å². The SMILES string of the molecule is CCc1cn(-c2cc(Cl)c(F)c(Cl)c2)nc(C(=O)O)c1=O. The van der Waals surface area contributed by atoms with Gasteiger partial charge in [-0.05, 0) is 18.6 Å². The fourth-order valence-electron chi connectivity index (χ4n) is 1.74. The van der Waals surface area contributed by atoms with Gasteiger partial charge in [-0.25, -0.2) is 13.9 Å². The molecule has 0 atom stereocenters. The molecule has 8 heteroatoms. The van der Waals surface area contributed by atoms with E-state index in [1.54, 1.807) is 6.92 Å². The number of hydrogen-bond donors (Lipinski definition) is 1. The first-order valence-corrected chi connectivity index (χ1v) is 6.61. The number of carbonyl (C=O) groups is 1. The monoisotopic (exact) mass is 330 g/mol. The number of nitrogens with zero attached hydrogens (tertiary/aromatic N) is 2. The third-order valence-corrected chi connectivity index (χ3v) is 3.36. The first kappa shape index (κ1) is 15.5. The number of rotatable bonds is 3. The average Bonchev–Trinajstić information content (AvgIpc) is 2.44. The predicted molar refractivity (Wildman–Crippen MR) is 76.1 cm³/mol. The maximum absolute atomic E-state index is 13.4. The van der Waals surface area contributed by atoms with E-state index < -0.39 is 22.9 Å². The van der Waals surface area contributed by atoms with E-state index in [1.165, 1.54) is 18.3 Å². The lowest BCUT2D eigenvalue weighted by molar-refractivity contribution is 0.0686. The van der Waals surface area contributed by atoms with Crippen LogP contribution in [0.15, 0.2) is 23.1 Å². The molecule has 1 aromatic carbocycles. The van der Waals surface area contributed by atoms with Gasteiger partial charge in [0.2, 0.25) is 11.1 Å². The molecule has 0 unspecified atom stereocenters. The van der Waals surface area contributed by atoms with E-state index in [1.807, 2.05) is 0 Å². The minimum Gasteiger partial charge on any atom is -0.476 e. The Kier molecular flexibility index (Phi) is 4.29. The molecular weight excluding hydrogens is 322 g/mol. The molecule has 0 amide bonds. The van der Waals surface area contributed by atoms with E-state index >= 15 is 0 Å². The number of benzene rings is 1. The van der Waals surface area contributed by atoms with Crippen molar-refractivity contribution < 1.29 is 14.3 Å². The highest BCUT2D eigenvalue weighted by molar-refractivity contribution is 6.35. The summed E-state index contributed by atoms with van der Waals surface area (Å²) in [6.45, 7) is 1.71. The Morgan fingerprint density at radius 2 is 1.95 bits per heavy atom. The molecule has 5 nitrogen and oxygen atoms in total. The van der Waals surface area contributed by atoms with Crippen LogP contribution in [0, 0.1) is 5.82 Å². The van der Waals surface area contributed by atoms with E-state index in [2.05, 4.69) is 5.10 Å². The minimum absolute atomic E-state index is 0.229. The summed E-state index contributed by atoms with van der Waals surface area (Å²) in [7, 11) is 0. The second-order valence-corrected chi connectivity index (χ2v) is 4.97. The van der Waals surface area contributed by atoms with Crippen molar-refractivity contribution in [1.82, 2.24) is 9.78 Å². The first-order valence-electron chi connectivity index (χ1n) is 5.86. The Hall–Kier alpha value is -1.92. The highest BCUT2D eigenvalue weighted by Crippen LogP contribution is 2.26. The maximum Gasteiger partial charge on any atom is 0.360 e. The first-order chi connectivity index (χ1) is 9.85. The summed E-state index contributed by atoms with van der Waals surface area (Å²) in [6, 6.07) is 2.48. The van der Waals surface area contributed by atoms with Crippen LogP contribution in [0.5, 0.6) is 0 Å². The van der Waals surface area contributed by atoms with E-state index in [-0.39, 0.29) is 21.3 Å². The maximum atomic E-state index is 13.4. The molecule has 0 spiro atoms. The van der Waals surface area contributed by atoms with Crippen LogP contribution in [0.3, 0.4) is 0 Å². The molecule has 1 heterocycles. The Balaban J connectivity index is 2.72. The van der Waals surface area contributed by atoms with E-state index in [0.717, 1.165) is 4.68 Å². The van der Waals surface area contributed by atoms with Gasteiger partial charge in [0, 0.05) is 11.8 Å². The van der Waals surface area contributed by atoms with Crippen molar-refractivity contribution in [2.45, 2.75) is 13.3 Å². The van der Waals surface area contributed by atoms with Crippen LogP contribution in [-0.4, -0.2) is 20.9 Å². The molecule has 110 valence electrons. The Bertz CT molecular complexity index is 766. The fourth-order valence-corrected chi connectivity index (χ4v) is 2.21. The molecule has 21 heavy (non-hydrogen) atoms. The molecule has 0 bridgehead atoms. The molecule has 0 aliphatic heterocycles. The van der Waals surface area contributed by atoms with Crippen LogP contribution in [0.1, 0.15) is 23.0 Å². The lowest BCUT2D eigenvalue weighted by atomic mass is 10.2. The second kappa shape index (κ2) is 5.83. The number of halogens is 3. The van der Waals surface area contributed by atoms with E-state index in [4.69, 9.17) is 28.3 Å². The van der Waals surface area contributed by atoms with Crippen molar-refractivity contribution in [3.05, 3.63) is 55.7 Å². The molecule has 1 N–H and O–H groups in total. The molecule has 0 saturated carbocycles. The highest BCUT2D eigenvalue weighted by atomic mass is 35.5. The number of aryl methyl sites for hydroxylation is 1. The van der Waals surface area contributed by atoms with Crippen molar-refractivity contribution >= 4 is 29.2 Å². The summed E-state index contributed by atoms with van der Waals surface area (Å²) >= 11 is 11.4. The zero-order valence-electron chi connectivity index (χ0n) is 10.7. The quantitative estimate of drug-likeness (QED) is 0.878. The Morgan fingerprint density at radius 3 is 2.43 bits per heavy atom. The van der Waals surface area contributed by atoms with Crippen LogP contribution in [-0.2, 0) is 6.42 Å². The molecule has 0 saturated heterocycles. The number of aromatic nitrogens is 2. The van der Waals surface area contributed by atoms with Gasteiger partial charge >= 0.3 is 5.97 Å². The molecule has 1 aromatic heterocycles. The normalized spacial score (nSPS) is 10.7. The zero-order valence-corrected chi connectivity index (χ0v) is 12.2. The van der Waals surface area contributed by atoms with E-state index in [9.17, 15) is 14.0 Å². The summed E-state index contributed by atoms with van der Waals surface area (Å²) in [4.78, 5) is 22.9. The van der Waals surface area contributed by atoms with Gasteiger partial charge in [-0.2, -0.15) is 5.10 Å². The van der Waals surface area contributed by atoms with Gasteiger partial charge in [-0.3, -0.25) is 4.79 Å². The minimum atomic E-state index is -1.44. The van der Waals surface area contributed by atoms with Crippen LogP contribution >= 0.6 is 23.2 Å². The number of carboxylic acid groups (broad SMARTS) is 1. The lowest BCUT2D eigenvalue weighted by Crippen LogP contribution is -2.24. The van der Waals surface area contributed by atoms with Crippen LogP contribution in [0.2, 0.25) is 10.0 Å². The smallest absolute Gasteiger partial charge is 0.360 e. The molecule has 0 aliphatic rings. The van der Waals surface area contributed by atoms with Crippen LogP contribution in [0.25, 0.3) is 5.69 Å². The van der Waals surface area contributed by atoms with Gasteiger partial charge in [0.25, 0.3) is 0 Å². The second-order valence-electron chi connectivity index (χ2n) is 4.16. The van der Waals surface area contributed by atoms with Gasteiger partial charge in [0.15, 0.2) is 5.82 Å². The molecule has 0 radical (unpaired) electrons. The summed E-state index contributed by atoms with van der Waals surface area (Å²) < 4.78 is 14.5. The summed E-state index contributed by atoms with van der Waals surface area (Å²) in [5.41, 5.74) is -0.756. The average molecular weight is 331 g/mol. The third kappa shape index (κ3) is 2.91. The van der Waals surface area contributed by atoms with Crippen molar-refractivity contribution in [3.63, 3.8) is 0 Å². The van der Waals surface area contributed by atoms with E-state index in [0.29, 0.717) is 6.42 Å². The third-order valence-electron chi connectivity index (χ3n) is 2.81. The number of hydrogen-bond acceptors (Lipinski definition) is 3. The molecular formula is C13H9Cl2FN2O3. The molecule has 0 fully saturated rings. The number of aromatic carboxylic acids is 1. The van der Waals surface area contributed by atoms with Crippen molar-refractivity contribution in [2.24, 2.45) is 0 Å². The summed E-state index contributed by atoms with van der Waals surface area (Å²) in [5.74, 6) is -2.22. The van der Waals surface area contributed by atoms with Gasteiger partial charge in [-0.1, -0.05) is 30.1 Å².